The molecule has 7 heteroatoms. The van der Waals surface area contributed by atoms with Crippen LogP contribution in [0.4, 0.5) is 0 Å². The van der Waals surface area contributed by atoms with Crippen LogP contribution in [0.3, 0.4) is 0 Å². The Morgan fingerprint density at radius 1 is 1.53 bits per heavy atom. The van der Waals surface area contributed by atoms with Crippen LogP contribution in [-0.4, -0.2) is 31.8 Å². The van der Waals surface area contributed by atoms with E-state index in [1.54, 1.807) is 0 Å². The molecule has 0 bridgehead atoms. The van der Waals surface area contributed by atoms with E-state index in [1.165, 1.54) is 11.3 Å². The third-order valence-corrected chi connectivity index (χ3v) is 3.90. The Morgan fingerprint density at radius 2 is 2.27 bits per heavy atom. The van der Waals surface area contributed by atoms with Gasteiger partial charge in [-0.3, -0.25) is 4.79 Å². The lowest BCUT2D eigenvalue weighted by atomic mass is 10.4. The molecule has 1 aromatic heterocycles. The zero-order chi connectivity index (χ0) is 11.3. The van der Waals surface area contributed by atoms with Crippen LogP contribution in [-0.2, 0) is 21.2 Å². The summed E-state index contributed by atoms with van der Waals surface area (Å²) in [6, 6.07) is 3.69. The minimum atomic E-state index is -3.48. The first kappa shape index (κ1) is 12.2. The van der Waals surface area contributed by atoms with Gasteiger partial charge in [0, 0.05) is 4.88 Å². The summed E-state index contributed by atoms with van der Waals surface area (Å²) in [5.41, 5.74) is 0. The number of rotatable bonds is 6. The van der Waals surface area contributed by atoms with Gasteiger partial charge in [-0.05, 0) is 17.9 Å². The van der Waals surface area contributed by atoms with Crippen LogP contribution in [0.1, 0.15) is 4.88 Å². The SMILES string of the molecule is O=C(O)CNS(=O)(=O)CCc1cccs1. The molecule has 0 amide bonds. The molecular weight excluding hydrogens is 238 g/mol. The van der Waals surface area contributed by atoms with Gasteiger partial charge >= 0.3 is 5.97 Å². The van der Waals surface area contributed by atoms with Crippen molar-refractivity contribution in [3.8, 4) is 0 Å². The lowest BCUT2D eigenvalue weighted by Crippen LogP contribution is -2.31. The molecule has 0 aliphatic rings. The largest absolute Gasteiger partial charge is 0.480 e. The summed E-state index contributed by atoms with van der Waals surface area (Å²) in [5, 5.41) is 10.2. The number of nitrogens with one attached hydrogen (secondary N) is 1. The van der Waals surface area contributed by atoms with Crippen molar-refractivity contribution in [2.75, 3.05) is 12.3 Å². The Bertz CT molecular complexity index is 410. The van der Waals surface area contributed by atoms with E-state index in [9.17, 15) is 13.2 Å². The lowest BCUT2D eigenvalue weighted by Gasteiger charge is -2.02. The van der Waals surface area contributed by atoms with Crippen LogP contribution in [0.5, 0.6) is 0 Å². The minimum absolute atomic E-state index is 0.0825. The van der Waals surface area contributed by atoms with E-state index in [1.807, 2.05) is 22.2 Å². The summed E-state index contributed by atoms with van der Waals surface area (Å²) in [7, 11) is -3.48. The maximum absolute atomic E-state index is 11.3. The Hall–Kier alpha value is -0.920. The molecule has 0 aliphatic heterocycles. The first-order valence-corrected chi connectivity index (χ1v) is 6.74. The van der Waals surface area contributed by atoms with Gasteiger partial charge in [-0.15, -0.1) is 11.3 Å². The van der Waals surface area contributed by atoms with Crippen LogP contribution in [0.25, 0.3) is 0 Å². The molecule has 0 spiro atoms. The summed E-state index contributed by atoms with van der Waals surface area (Å²) in [6.07, 6.45) is 0.409. The van der Waals surface area contributed by atoms with Crippen molar-refractivity contribution in [3.05, 3.63) is 22.4 Å². The van der Waals surface area contributed by atoms with Gasteiger partial charge in [0.25, 0.3) is 0 Å². The summed E-state index contributed by atoms with van der Waals surface area (Å²) in [5.74, 6) is -1.27. The predicted octanol–water partition coefficient (Wildman–Crippen LogP) is 0.295. The van der Waals surface area contributed by atoms with Gasteiger partial charge in [0.15, 0.2) is 0 Å². The molecule has 0 aromatic carbocycles. The highest BCUT2D eigenvalue weighted by molar-refractivity contribution is 7.89. The molecule has 15 heavy (non-hydrogen) atoms. The number of carbonyl (C=O) groups is 1. The van der Waals surface area contributed by atoms with Crippen molar-refractivity contribution in [3.63, 3.8) is 0 Å². The molecule has 0 saturated heterocycles. The van der Waals surface area contributed by atoms with E-state index in [2.05, 4.69) is 0 Å². The second-order valence-electron chi connectivity index (χ2n) is 2.86. The second kappa shape index (κ2) is 5.24. The minimum Gasteiger partial charge on any atom is -0.480 e. The summed E-state index contributed by atoms with van der Waals surface area (Å²) in [4.78, 5) is 11.1. The van der Waals surface area contributed by atoms with Crippen molar-refractivity contribution in [1.29, 1.82) is 0 Å². The highest BCUT2D eigenvalue weighted by Gasteiger charge is 2.11. The highest BCUT2D eigenvalue weighted by Crippen LogP contribution is 2.09. The van der Waals surface area contributed by atoms with Gasteiger partial charge in [0.2, 0.25) is 10.0 Å². The van der Waals surface area contributed by atoms with E-state index in [4.69, 9.17) is 5.11 Å². The average Bonchev–Trinajstić information content (AvgIpc) is 2.65. The van der Waals surface area contributed by atoms with Crippen LogP contribution in [0, 0.1) is 0 Å². The van der Waals surface area contributed by atoms with Gasteiger partial charge in [-0.2, -0.15) is 0 Å². The summed E-state index contributed by atoms with van der Waals surface area (Å²) < 4.78 is 24.5. The zero-order valence-corrected chi connectivity index (χ0v) is 9.47. The van der Waals surface area contributed by atoms with Gasteiger partial charge in [0.1, 0.15) is 6.54 Å². The average molecular weight is 249 g/mol. The van der Waals surface area contributed by atoms with Crippen LogP contribution in [0.15, 0.2) is 17.5 Å². The fourth-order valence-electron chi connectivity index (χ4n) is 0.934. The Morgan fingerprint density at radius 3 is 2.80 bits per heavy atom. The fraction of sp³-hybridized carbons (Fsp3) is 0.375. The van der Waals surface area contributed by atoms with E-state index in [-0.39, 0.29) is 5.75 Å². The van der Waals surface area contributed by atoms with Crippen molar-refractivity contribution < 1.29 is 18.3 Å². The van der Waals surface area contributed by atoms with Crippen LogP contribution >= 0.6 is 11.3 Å². The fourth-order valence-corrected chi connectivity index (χ4v) is 2.75. The standard InChI is InChI=1S/C8H11NO4S2/c10-8(11)6-9-15(12,13)5-3-7-2-1-4-14-7/h1-2,4,9H,3,5-6H2,(H,10,11). The van der Waals surface area contributed by atoms with Gasteiger partial charge in [-0.25, -0.2) is 13.1 Å². The Kier molecular flexibility index (Phi) is 4.25. The van der Waals surface area contributed by atoms with Crippen LogP contribution < -0.4 is 4.72 Å². The van der Waals surface area contributed by atoms with E-state index in [0.717, 1.165) is 4.88 Å². The van der Waals surface area contributed by atoms with Crippen molar-refractivity contribution in [2.45, 2.75) is 6.42 Å². The number of thiophene rings is 1. The monoisotopic (exact) mass is 249 g/mol. The third-order valence-electron chi connectivity index (χ3n) is 1.64. The molecule has 0 aliphatic carbocycles. The quantitative estimate of drug-likeness (QED) is 0.759. The number of carboxylic acids is 1. The van der Waals surface area contributed by atoms with E-state index in [0.29, 0.717) is 6.42 Å². The molecule has 84 valence electrons. The summed E-state index contributed by atoms with van der Waals surface area (Å²) in [6.45, 7) is -0.563. The molecular formula is C8H11NO4S2. The smallest absolute Gasteiger partial charge is 0.318 e. The number of carboxylic acid groups (broad SMARTS) is 1. The molecule has 0 unspecified atom stereocenters. The number of aliphatic carboxylic acids is 1. The molecule has 1 rings (SSSR count). The maximum Gasteiger partial charge on any atom is 0.318 e. The highest BCUT2D eigenvalue weighted by atomic mass is 32.2. The molecule has 5 nitrogen and oxygen atoms in total. The molecule has 0 fully saturated rings. The van der Waals surface area contributed by atoms with Crippen LogP contribution in [0.2, 0.25) is 0 Å². The lowest BCUT2D eigenvalue weighted by molar-refractivity contribution is -0.135. The normalized spacial score (nSPS) is 11.5. The first-order valence-electron chi connectivity index (χ1n) is 4.21. The maximum atomic E-state index is 11.3. The first-order chi connectivity index (χ1) is 6.99. The number of hydrogen-bond acceptors (Lipinski definition) is 4. The number of sulfonamides is 1. The Balaban J connectivity index is 2.40. The van der Waals surface area contributed by atoms with E-state index >= 15 is 0 Å². The molecule has 0 radical (unpaired) electrons. The zero-order valence-electron chi connectivity index (χ0n) is 7.84. The van der Waals surface area contributed by atoms with Crippen molar-refractivity contribution >= 4 is 27.3 Å². The van der Waals surface area contributed by atoms with Gasteiger partial charge in [0.05, 0.1) is 5.75 Å². The van der Waals surface area contributed by atoms with Gasteiger partial charge in [-0.1, -0.05) is 6.07 Å². The topological polar surface area (TPSA) is 83.5 Å². The summed E-state index contributed by atoms with van der Waals surface area (Å²) >= 11 is 1.48. The third kappa shape index (κ3) is 4.91. The molecule has 1 heterocycles. The molecule has 0 atom stereocenters. The van der Waals surface area contributed by atoms with Crippen molar-refractivity contribution in [1.82, 2.24) is 4.72 Å². The molecule has 2 N–H and O–H groups in total. The van der Waals surface area contributed by atoms with Crippen molar-refractivity contribution in [2.24, 2.45) is 0 Å². The Labute approximate surface area is 91.8 Å². The van der Waals surface area contributed by atoms with E-state index < -0.39 is 22.5 Å². The molecule has 0 saturated carbocycles. The molecule has 1 aromatic rings. The van der Waals surface area contributed by atoms with Gasteiger partial charge < -0.3 is 5.11 Å². The predicted molar refractivity (Wildman–Crippen MR) is 57.4 cm³/mol. The number of hydrogen-bond donors (Lipinski definition) is 2. The number of aryl methyl sites for hydroxylation is 1. The second-order valence-corrected chi connectivity index (χ2v) is 5.82.